The first-order valence-electron chi connectivity index (χ1n) is 4.82. The third-order valence-corrected chi connectivity index (χ3v) is 2.77. The molecular formula is C10H12ClNO3. The number of furan rings is 1. The summed E-state index contributed by atoms with van der Waals surface area (Å²) in [6.45, 7) is 3.69. The fourth-order valence-corrected chi connectivity index (χ4v) is 1.82. The Kier molecular flexibility index (Phi) is 2.98. The summed E-state index contributed by atoms with van der Waals surface area (Å²) in [5.41, 5.74) is 0.422. The molecule has 0 aromatic carbocycles. The molecule has 5 heteroatoms. The first kappa shape index (κ1) is 10.5. The van der Waals surface area contributed by atoms with E-state index in [2.05, 4.69) is 0 Å². The first-order chi connectivity index (χ1) is 7.20. The molecule has 0 saturated carbocycles. The maximum Gasteiger partial charge on any atom is 0.259 e. The highest BCUT2D eigenvalue weighted by molar-refractivity contribution is 6.32. The van der Waals surface area contributed by atoms with Crippen molar-refractivity contribution in [2.75, 3.05) is 19.8 Å². The Bertz CT molecular complexity index is 363. The van der Waals surface area contributed by atoms with E-state index in [1.807, 2.05) is 6.92 Å². The Labute approximate surface area is 92.7 Å². The molecule has 1 saturated heterocycles. The highest BCUT2D eigenvalue weighted by atomic mass is 35.5. The largest absolute Gasteiger partial charge is 0.452 e. The summed E-state index contributed by atoms with van der Waals surface area (Å²) in [6, 6.07) is 1.67. The summed E-state index contributed by atoms with van der Waals surface area (Å²) in [5, 5.41) is 0.152. The normalized spacial score (nSPS) is 21.7. The number of amides is 1. The van der Waals surface area contributed by atoms with Crippen LogP contribution in [0.2, 0.25) is 5.22 Å². The molecule has 0 radical (unpaired) electrons. The van der Waals surface area contributed by atoms with Crippen LogP contribution in [0.25, 0.3) is 0 Å². The molecule has 1 atom stereocenters. The smallest absolute Gasteiger partial charge is 0.259 e. The van der Waals surface area contributed by atoms with Gasteiger partial charge in [0.15, 0.2) is 0 Å². The van der Waals surface area contributed by atoms with Gasteiger partial charge in [-0.1, -0.05) is 0 Å². The van der Waals surface area contributed by atoms with Crippen molar-refractivity contribution < 1.29 is 13.9 Å². The molecule has 0 bridgehead atoms. The number of hydrogen-bond donors (Lipinski definition) is 0. The van der Waals surface area contributed by atoms with Crippen molar-refractivity contribution in [2.45, 2.75) is 13.0 Å². The molecule has 1 aromatic heterocycles. The molecule has 1 amide bonds. The van der Waals surface area contributed by atoms with Crippen LogP contribution in [0.5, 0.6) is 0 Å². The van der Waals surface area contributed by atoms with Gasteiger partial charge in [-0.25, -0.2) is 0 Å². The Morgan fingerprint density at radius 3 is 3.07 bits per heavy atom. The summed E-state index contributed by atoms with van der Waals surface area (Å²) in [6.07, 6.45) is 1.42. The predicted octanol–water partition coefficient (Wildman–Crippen LogP) is 1.79. The van der Waals surface area contributed by atoms with E-state index in [9.17, 15) is 4.79 Å². The topological polar surface area (TPSA) is 42.7 Å². The molecule has 0 spiro atoms. The van der Waals surface area contributed by atoms with Crippen molar-refractivity contribution in [1.82, 2.24) is 4.90 Å². The summed E-state index contributed by atoms with van der Waals surface area (Å²) >= 11 is 5.76. The zero-order valence-corrected chi connectivity index (χ0v) is 9.16. The van der Waals surface area contributed by atoms with Gasteiger partial charge < -0.3 is 14.1 Å². The monoisotopic (exact) mass is 229 g/mol. The van der Waals surface area contributed by atoms with E-state index in [0.29, 0.717) is 25.3 Å². The van der Waals surface area contributed by atoms with Gasteiger partial charge in [0.2, 0.25) is 5.22 Å². The quantitative estimate of drug-likeness (QED) is 0.738. The fraction of sp³-hybridized carbons (Fsp3) is 0.500. The van der Waals surface area contributed by atoms with E-state index in [-0.39, 0.29) is 17.2 Å². The number of rotatable bonds is 1. The van der Waals surface area contributed by atoms with Crippen LogP contribution < -0.4 is 0 Å². The summed E-state index contributed by atoms with van der Waals surface area (Å²) in [4.78, 5) is 13.8. The fourth-order valence-electron chi connectivity index (χ4n) is 1.63. The van der Waals surface area contributed by atoms with Crippen molar-refractivity contribution in [3.8, 4) is 0 Å². The maximum atomic E-state index is 12.0. The number of carbonyl (C=O) groups excluding carboxylic acids is 1. The van der Waals surface area contributed by atoms with Crippen molar-refractivity contribution >= 4 is 17.5 Å². The van der Waals surface area contributed by atoms with Gasteiger partial charge in [0.25, 0.3) is 5.91 Å². The molecule has 0 N–H and O–H groups in total. The molecular weight excluding hydrogens is 218 g/mol. The van der Waals surface area contributed by atoms with Crippen LogP contribution in [0.15, 0.2) is 16.7 Å². The molecule has 1 aromatic rings. The van der Waals surface area contributed by atoms with Gasteiger partial charge in [-0.3, -0.25) is 4.79 Å². The Hall–Kier alpha value is -1.00. The second-order valence-corrected chi connectivity index (χ2v) is 3.87. The molecule has 0 unspecified atom stereocenters. The van der Waals surface area contributed by atoms with Gasteiger partial charge in [0, 0.05) is 6.54 Å². The first-order valence-corrected chi connectivity index (χ1v) is 5.19. The molecule has 2 heterocycles. The lowest BCUT2D eigenvalue weighted by molar-refractivity contribution is 0.00357. The second kappa shape index (κ2) is 4.24. The molecule has 2 rings (SSSR count). The van der Waals surface area contributed by atoms with E-state index in [0.717, 1.165) is 0 Å². The van der Waals surface area contributed by atoms with Gasteiger partial charge in [-0.15, -0.1) is 0 Å². The summed E-state index contributed by atoms with van der Waals surface area (Å²) in [7, 11) is 0. The van der Waals surface area contributed by atoms with Crippen molar-refractivity contribution in [1.29, 1.82) is 0 Å². The van der Waals surface area contributed by atoms with Crippen molar-refractivity contribution in [3.63, 3.8) is 0 Å². The lowest BCUT2D eigenvalue weighted by atomic mass is 10.2. The van der Waals surface area contributed by atoms with Gasteiger partial charge in [-0.05, 0) is 24.6 Å². The van der Waals surface area contributed by atoms with E-state index in [1.165, 1.54) is 6.26 Å². The summed E-state index contributed by atoms with van der Waals surface area (Å²) in [5.74, 6) is -0.0930. The molecule has 1 aliphatic heterocycles. The van der Waals surface area contributed by atoms with Crippen LogP contribution in [-0.2, 0) is 4.74 Å². The minimum Gasteiger partial charge on any atom is -0.452 e. The second-order valence-electron chi connectivity index (χ2n) is 3.53. The highest BCUT2D eigenvalue weighted by Crippen LogP contribution is 2.20. The third kappa shape index (κ3) is 2.01. The molecule has 1 aliphatic rings. The highest BCUT2D eigenvalue weighted by Gasteiger charge is 2.26. The minimum atomic E-state index is -0.0930. The lowest BCUT2D eigenvalue weighted by Gasteiger charge is -2.33. The van der Waals surface area contributed by atoms with Crippen LogP contribution in [0.4, 0.5) is 0 Å². The Morgan fingerprint density at radius 2 is 2.47 bits per heavy atom. The molecule has 1 fully saturated rings. The SMILES string of the molecule is C[C@@H]1COCCN1C(=O)c1ccoc1Cl. The van der Waals surface area contributed by atoms with Crippen LogP contribution in [0.1, 0.15) is 17.3 Å². The summed E-state index contributed by atoms with van der Waals surface area (Å²) < 4.78 is 10.2. The van der Waals surface area contributed by atoms with Gasteiger partial charge in [0.1, 0.15) is 0 Å². The third-order valence-electron chi connectivity index (χ3n) is 2.48. The van der Waals surface area contributed by atoms with Gasteiger partial charge in [-0.2, -0.15) is 0 Å². The minimum absolute atomic E-state index is 0.0808. The number of morpholine rings is 1. The van der Waals surface area contributed by atoms with Gasteiger partial charge >= 0.3 is 0 Å². The predicted molar refractivity (Wildman–Crippen MR) is 55.0 cm³/mol. The van der Waals surface area contributed by atoms with Crippen LogP contribution in [0.3, 0.4) is 0 Å². The van der Waals surface area contributed by atoms with E-state index in [4.69, 9.17) is 20.8 Å². The zero-order valence-electron chi connectivity index (χ0n) is 8.40. The number of halogens is 1. The van der Waals surface area contributed by atoms with E-state index >= 15 is 0 Å². The number of hydrogen-bond acceptors (Lipinski definition) is 3. The molecule has 82 valence electrons. The van der Waals surface area contributed by atoms with Crippen molar-refractivity contribution in [2.24, 2.45) is 0 Å². The average molecular weight is 230 g/mol. The molecule has 4 nitrogen and oxygen atoms in total. The zero-order chi connectivity index (χ0) is 10.8. The van der Waals surface area contributed by atoms with Crippen LogP contribution >= 0.6 is 11.6 Å². The lowest BCUT2D eigenvalue weighted by Crippen LogP contribution is -2.47. The van der Waals surface area contributed by atoms with E-state index in [1.54, 1.807) is 11.0 Å². The Balaban J connectivity index is 2.17. The number of carbonyl (C=O) groups is 1. The maximum absolute atomic E-state index is 12.0. The Morgan fingerprint density at radius 1 is 1.67 bits per heavy atom. The standard InChI is InChI=1S/C10H12ClNO3/c1-7-6-14-5-3-12(7)10(13)8-2-4-15-9(8)11/h2,4,7H,3,5-6H2,1H3/t7-/m1/s1. The van der Waals surface area contributed by atoms with Crippen LogP contribution in [0, 0.1) is 0 Å². The number of ether oxygens (including phenoxy) is 1. The average Bonchev–Trinajstić information content (AvgIpc) is 2.64. The number of nitrogens with zero attached hydrogens (tertiary/aromatic N) is 1. The molecule has 15 heavy (non-hydrogen) atoms. The van der Waals surface area contributed by atoms with Crippen LogP contribution in [-0.4, -0.2) is 36.6 Å². The van der Waals surface area contributed by atoms with Crippen molar-refractivity contribution in [3.05, 3.63) is 23.1 Å². The van der Waals surface area contributed by atoms with Gasteiger partial charge in [0.05, 0.1) is 31.1 Å². The van der Waals surface area contributed by atoms with E-state index < -0.39 is 0 Å². The molecule has 0 aliphatic carbocycles.